The standard InChI is InChI=1S/C27H32Cl2N2O4S/c1-17-14-20(34-18-8-10-19(11-9-18)35-27(5,6)7)15-21(28)24(17)33-12-13-36-22-16-30-31(26(2,3)4)25(32)23(22)29/h8-11,14-16H,12-13H2,1-7H3. The van der Waals surface area contributed by atoms with E-state index in [-0.39, 0.29) is 16.2 Å². The van der Waals surface area contributed by atoms with Crippen LogP contribution in [0.5, 0.6) is 23.0 Å². The van der Waals surface area contributed by atoms with Crippen molar-refractivity contribution in [3.63, 3.8) is 0 Å². The normalized spacial score (nSPS) is 11.9. The molecule has 0 radical (unpaired) electrons. The monoisotopic (exact) mass is 550 g/mol. The molecule has 3 rings (SSSR count). The highest BCUT2D eigenvalue weighted by Gasteiger charge is 2.19. The van der Waals surface area contributed by atoms with E-state index >= 15 is 0 Å². The Morgan fingerprint density at radius 3 is 2.19 bits per heavy atom. The van der Waals surface area contributed by atoms with Gasteiger partial charge in [0, 0.05) is 11.8 Å². The molecule has 0 amide bonds. The van der Waals surface area contributed by atoms with Crippen LogP contribution in [0.25, 0.3) is 0 Å². The Morgan fingerprint density at radius 2 is 1.61 bits per heavy atom. The number of aryl methyl sites for hydroxylation is 1. The van der Waals surface area contributed by atoms with Crippen LogP contribution in [0.3, 0.4) is 0 Å². The SMILES string of the molecule is Cc1cc(Oc2ccc(OC(C)(C)C)cc2)cc(Cl)c1OCCSc1cnn(C(C)(C)C)c(=O)c1Cl. The lowest BCUT2D eigenvalue weighted by Crippen LogP contribution is -2.36. The molecule has 194 valence electrons. The van der Waals surface area contributed by atoms with Crippen LogP contribution >= 0.6 is 35.0 Å². The molecule has 0 aliphatic heterocycles. The van der Waals surface area contributed by atoms with E-state index in [1.54, 1.807) is 12.3 Å². The summed E-state index contributed by atoms with van der Waals surface area (Å²) in [4.78, 5) is 13.1. The van der Waals surface area contributed by atoms with Gasteiger partial charge < -0.3 is 14.2 Å². The number of nitrogens with zero attached hydrogens (tertiary/aromatic N) is 2. The second kappa shape index (κ2) is 11.4. The fourth-order valence-corrected chi connectivity index (χ4v) is 4.62. The molecule has 0 saturated heterocycles. The molecule has 9 heteroatoms. The lowest BCUT2D eigenvalue weighted by Gasteiger charge is -2.21. The first-order valence-corrected chi connectivity index (χ1v) is 13.3. The smallest absolute Gasteiger partial charge is 0.287 e. The molecule has 1 heterocycles. The Bertz CT molecular complexity index is 1240. The molecule has 0 N–H and O–H groups in total. The second-order valence-electron chi connectivity index (χ2n) is 10.2. The average Bonchev–Trinajstić information content (AvgIpc) is 2.75. The summed E-state index contributed by atoms with van der Waals surface area (Å²) in [5.41, 5.74) is -0.163. The molecular formula is C27H32Cl2N2O4S. The van der Waals surface area contributed by atoms with Crippen LogP contribution in [0.2, 0.25) is 10.0 Å². The third kappa shape index (κ3) is 7.58. The minimum Gasteiger partial charge on any atom is -0.491 e. The van der Waals surface area contributed by atoms with Gasteiger partial charge in [0.1, 0.15) is 33.6 Å². The van der Waals surface area contributed by atoms with Crippen molar-refractivity contribution in [3.05, 3.63) is 68.6 Å². The number of benzene rings is 2. The van der Waals surface area contributed by atoms with Gasteiger partial charge in [0.25, 0.3) is 5.56 Å². The first kappa shape index (κ1) is 28.2. The molecule has 3 aromatic rings. The third-order valence-electron chi connectivity index (χ3n) is 4.80. The highest BCUT2D eigenvalue weighted by Crippen LogP contribution is 2.36. The Morgan fingerprint density at radius 1 is 0.972 bits per heavy atom. The zero-order valence-corrected chi connectivity index (χ0v) is 24.0. The zero-order chi connectivity index (χ0) is 26.7. The molecule has 0 saturated carbocycles. The van der Waals surface area contributed by atoms with Crippen molar-refractivity contribution >= 4 is 35.0 Å². The Balaban J connectivity index is 1.59. The van der Waals surface area contributed by atoms with Crippen LogP contribution in [0.15, 0.2) is 52.3 Å². The molecule has 6 nitrogen and oxygen atoms in total. The summed E-state index contributed by atoms with van der Waals surface area (Å²) >= 11 is 14.2. The van der Waals surface area contributed by atoms with Gasteiger partial charge >= 0.3 is 0 Å². The van der Waals surface area contributed by atoms with Gasteiger partial charge in [-0.3, -0.25) is 4.79 Å². The largest absolute Gasteiger partial charge is 0.491 e. The zero-order valence-electron chi connectivity index (χ0n) is 21.6. The summed E-state index contributed by atoms with van der Waals surface area (Å²) in [5, 5.41) is 4.88. The van der Waals surface area contributed by atoms with E-state index in [4.69, 9.17) is 37.4 Å². The van der Waals surface area contributed by atoms with Crippen LogP contribution in [0.1, 0.15) is 47.1 Å². The molecule has 0 fully saturated rings. The second-order valence-corrected chi connectivity index (χ2v) is 12.2. The number of hydrogen-bond acceptors (Lipinski definition) is 6. The maximum atomic E-state index is 12.5. The molecule has 0 aliphatic carbocycles. The first-order valence-electron chi connectivity index (χ1n) is 11.6. The van der Waals surface area contributed by atoms with Crippen LogP contribution < -0.4 is 19.8 Å². The van der Waals surface area contributed by atoms with Crippen LogP contribution in [-0.2, 0) is 5.54 Å². The predicted octanol–water partition coefficient (Wildman–Crippen LogP) is 7.75. The number of halogens is 2. The van der Waals surface area contributed by atoms with Gasteiger partial charge in [-0.2, -0.15) is 5.10 Å². The van der Waals surface area contributed by atoms with Crippen molar-refractivity contribution in [2.24, 2.45) is 0 Å². The molecule has 0 bridgehead atoms. The first-order chi connectivity index (χ1) is 16.7. The van der Waals surface area contributed by atoms with E-state index in [1.807, 2.05) is 78.8 Å². The molecule has 0 spiro atoms. The summed E-state index contributed by atoms with van der Waals surface area (Å²) in [6.07, 6.45) is 1.62. The number of thioether (sulfide) groups is 1. The van der Waals surface area contributed by atoms with Crippen molar-refractivity contribution in [3.8, 4) is 23.0 Å². The summed E-state index contributed by atoms with van der Waals surface area (Å²) in [5.74, 6) is 3.22. The Labute approximate surface area is 226 Å². The molecule has 0 atom stereocenters. The minimum atomic E-state index is -0.443. The van der Waals surface area contributed by atoms with Gasteiger partial charge in [-0.1, -0.05) is 23.2 Å². The van der Waals surface area contributed by atoms with E-state index in [1.165, 1.54) is 16.4 Å². The number of ether oxygens (including phenoxy) is 3. The highest BCUT2D eigenvalue weighted by molar-refractivity contribution is 7.99. The molecule has 0 aliphatic rings. The highest BCUT2D eigenvalue weighted by atomic mass is 35.5. The Hall–Kier alpha value is -2.35. The predicted molar refractivity (Wildman–Crippen MR) is 148 cm³/mol. The molecule has 36 heavy (non-hydrogen) atoms. The number of hydrogen-bond donors (Lipinski definition) is 0. The van der Waals surface area contributed by atoms with Gasteiger partial charge in [0.15, 0.2) is 0 Å². The van der Waals surface area contributed by atoms with Gasteiger partial charge in [0.2, 0.25) is 0 Å². The van der Waals surface area contributed by atoms with Crippen molar-refractivity contribution in [1.29, 1.82) is 0 Å². The van der Waals surface area contributed by atoms with Gasteiger partial charge in [-0.25, -0.2) is 4.68 Å². The number of rotatable bonds is 8. The van der Waals surface area contributed by atoms with E-state index in [0.717, 1.165) is 11.3 Å². The van der Waals surface area contributed by atoms with Crippen LogP contribution in [0.4, 0.5) is 0 Å². The summed E-state index contributed by atoms with van der Waals surface area (Å²) < 4.78 is 19.1. The lowest BCUT2D eigenvalue weighted by molar-refractivity contribution is 0.131. The maximum Gasteiger partial charge on any atom is 0.287 e. The average molecular weight is 552 g/mol. The quantitative estimate of drug-likeness (QED) is 0.211. The lowest BCUT2D eigenvalue weighted by atomic mass is 10.1. The Kier molecular flexibility index (Phi) is 8.91. The van der Waals surface area contributed by atoms with Crippen molar-refractivity contribution in [1.82, 2.24) is 9.78 Å². The molecular weight excluding hydrogens is 519 g/mol. The molecule has 1 aromatic heterocycles. The fourth-order valence-electron chi connectivity index (χ4n) is 3.30. The van der Waals surface area contributed by atoms with Gasteiger partial charge in [-0.15, -0.1) is 11.8 Å². The number of aromatic nitrogens is 2. The molecule has 0 unspecified atom stereocenters. The molecule has 2 aromatic carbocycles. The fraction of sp³-hybridized carbons (Fsp3) is 0.407. The van der Waals surface area contributed by atoms with Crippen molar-refractivity contribution in [2.75, 3.05) is 12.4 Å². The van der Waals surface area contributed by atoms with Gasteiger partial charge in [0.05, 0.1) is 28.3 Å². The van der Waals surface area contributed by atoms with E-state index in [0.29, 0.717) is 39.5 Å². The summed E-state index contributed by atoms with van der Waals surface area (Å²) in [7, 11) is 0. The minimum absolute atomic E-state index is 0.165. The summed E-state index contributed by atoms with van der Waals surface area (Å²) in [6, 6.07) is 11.1. The topological polar surface area (TPSA) is 62.6 Å². The van der Waals surface area contributed by atoms with E-state index in [2.05, 4.69) is 5.10 Å². The van der Waals surface area contributed by atoms with Crippen LogP contribution in [0, 0.1) is 6.92 Å². The van der Waals surface area contributed by atoms with Crippen LogP contribution in [-0.4, -0.2) is 27.7 Å². The van der Waals surface area contributed by atoms with E-state index in [9.17, 15) is 4.79 Å². The third-order valence-corrected chi connectivity index (χ3v) is 6.55. The summed E-state index contributed by atoms with van der Waals surface area (Å²) in [6.45, 7) is 14.0. The van der Waals surface area contributed by atoms with Crippen molar-refractivity contribution in [2.45, 2.75) is 64.5 Å². The maximum absolute atomic E-state index is 12.5. The van der Waals surface area contributed by atoms with Crippen molar-refractivity contribution < 1.29 is 14.2 Å². The van der Waals surface area contributed by atoms with E-state index < -0.39 is 5.54 Å². The van der Waals surface area contributed by atoms with Gasteiger partial charge in [-0.05, 0) is 84.4 Å².